The van der Waals surface area contributed by atoms with Crippen molar-refractivity contribution < 1.29 is 9.90 Å². The van der Waals surface area contributed by atoms with Crippen LogP contribution < -0.4 is 0 Å². The second-order valence-electron chi connectivity index (χ2n) is 10.5. The number of halogens is 1. The second kappa shape index (κ2) is 10.6. The Labute approximate surface area is 213 Å². The number of benzene rings is 2. The van der Waals surface area contributed by atoms with Crippen molar-refractivity contribution in [1.82, 2.24) is 9.55 Å². The van der Waals surface area contributed by atoms with E-state index in [4.69, 9.17) is 4.98 Å². The van der Waals surface area contributed by atoms with Gasteiger partial charge in [0.2, 0.25) is 0 Å². The largest absolute Gasteiger partial charge is 0.507 e. The maximum Gasteiger partial charge on any atom is 0.173 e. The van der Waals surface area contributed by atoms with Crippen LogP contribution in [0.1, 0.15) is 82.8 Å². The van der Waals surface area contributed by atoms with Gasteiger partial charge in [0.1, 0.15) is 5.75 Å². The summed E-state index contributed by atoms with van der Waals surface area (Å²) in [6, 6.07) is 11.9. The first-order valence-corrected chi connectivity index (χ1v) is 12.4. The van der Waals surface area contributed by atoms with Crippen LogP contribution in [0.15, 0.2) is 41.6 Å². The molecule has 1 heterocycles. The van der Waals surface area contributed by atoms with Crippen molar-refractivity contribution in [2.45, 2.75) is 83.8 Å². The summed E-state index contributed by atoms with van der Waals surface area (Å²) in [7, 11) is 0. The number of thioether (sulfide) groups is 1. The van der Waals surface area contributed by atoms with Crippen LogP contribution in [0.3, 0.4) is 0 Å². The molecule has 0 bridgehead atoms. The van der Waals surface area contributed by atoms with E-state index < -0.39 is 0 Å². The average molecular weight is 534 g/mol. The monoisotopic (exact) mass is 532 g/mol. The van der Waals surface area contributed by atoms with Crippen LogP contribution in [0.5, 0.6) is 5.75 Å². The molecule has 0 atom stereocenters. The number of carbonyl (C=O) groups excluding carboxylic acids is 1. The number of aromatic hydroxyl groups is 1. The number of phenolic OH excluding ortho intramolecular Hbond substituents is 1. The molecular weight excluding hydrogens is 496 g/mol. The normalized spacial score (nSPS) is 12.1. The average Bonchev–Trinajstić information content (AvgIpc) is 3.06. The summed E-state index contributed by atoms with van der Waals surface area (Å²) in [6.07, 6.45) is 2.18. The van der Waals surface area contributed by atoms with Gasteiger partial charge in [0, 0.05) is 23.2 Å². The predicted octanol–water partition coefficient (Wildman–Crippen LogP) is 7.69. The zero-order chi connectivity index (χ0) is 23.7. The van der Waals surface area contributed by atoms with Crippen molar-refractivity contribution in [3.05, 3.63) is 53.1 Å². The molecule has 0 radical (unpaired) electrons. The third-order valence-electron chi connectivity index (χ3n) is 5.74. The van der Waals surface area contributed by atoms with Crippen molar-refractivity contribution in [3.63, 3.8) is 0 Å². The molecule has 0 unspecified atom stereocenters. The Balaban J connectivity index is 0.00000385. The summed E-state index contributed by atoms with van der Waals surface area (Å²) in [4.78, 5) is 18.1. The molecule has 33 heavy (non-hydrogen) atoms. The molecule has 0 spiro atoms. The molecular formula is C27H37BrN2O2S. The Morgan fingerprint density at radius 2 is 1.61 bits per heavy atom. The number of fused-ring (bicyclic) bond motifs is 1. The van der Waals surface area contributed by atoms with Gasteiger partial charge in [-0.1, -0.05) is 78.8 Å². The number of phenols is 1. The maximum absolute atomic E-state index is 13.3. The number of nitrogens with zero attached hydrogens (tertiary/aromatic N) is 2. The highest BCUT2D eigenvalue weighted by molar-refractivity contribution is 8.93. The summed E-state index contributed by atoms with van der Waals surface area (Å²) in [5, 5.41) is 11.8. The third kappa shape index (κ3) is 6.21. The molecule has 1 aromatic heterocycles. The summed E-state index contributed by atoms with van der Waals surface area (Å²) in [6.45, 7) is 15.5. The highest BCUT2D eigenvalue weighted by Crippen LogP contribution is 2.40. The molecule has 0 saturated carbocycles. The first-order valence-electron chi connectivity index (χ1n) is 11.4. The van der Waals surface area contributed by atoms with Crippen LogP contribution in [0.25, 0.3) is 11.0 Å². The Morgan fingerprint density at radius 1 is 1.03 bits per heavy atom. The van der Waals surface area contributed by atoms with E-state index in [0.717, 1.165) is 46.7 Å². The van der Waals surface area contributed by atoms with E-state index in [1.807, 2.05) is 30.3 Å². The number of hydrogen-bond donors (Lipinski definition) is 1. The molecule has 0 aliphatic carbocycles. The van der Waals surface area contributed by atoms with Gasteiger partial charge in [-0.15, -0.1) is 17.0 Å². The summed E-state index contributed by atoms with van der Waals surface area (Å²) in [5.74, 6) is 0.670. The molecule has 180 valence electrons. The van der Waals surface area contributed by atoms with Gasteiger partial charge in [-0.2, -0.15) is 0 Å². The molecule has 2 aromatic carbocycles. The fraction of sp³-hybridized carbons (Fsp3) is 0.481. The van der Waals surface area contributed by atoms with Crippen molar-refractivity contribution >= 4 is 45.6 Å². The van der Waals surface area contributed by atoms with Crippen molar-refractivity contribution in [2.24, 2.45) is 0 Å². The number of aryl methyl sites for hydroxylation is 1. The van der Waals surface area contributed by atoms with Crippen molar-refractivity contribution in [2.75, 3.05) is 5.75 Å². The molecule has 6 heteroatoms. The Hall–Kier alpha value is -1.79. The Morgan fingerprint density at radius 3 is 2.15 bits per heavy atom. The fourth-order valence-electron chi connectivity index (χ4n) is 3.85. The first-order chi connectivity index (χ1) is 14.9. The van der Waals surface area contributed by atoms with Crippen LogP contribution in [-0.4, -0.2) is 26.2 Å². The van der Waals surface area contributed by atoms with E-state index in [1.165, 1.54) is 11.8 Å². The number of aromatic nitrogens is 2. The number of hydrogen-bond acceptors (Lipinski definition) is 4. The first kappa shape index (κ1) is 27.5. The second-order valence-corrected chi connectivity index (χ2v) is 11.5. The van der Waals surface area contributed by atoms with Crippen LogP contribution in [-0.2, 0) is 17.4 Å². The maximum atomic E-state index is 13.3. The van der Waals surface area contributed by atoms with E-state index in [1.54, 1.807) is 0 Å². The van der Waals surface area contributed by atoms with E-state index in [2.05, 4.69) is 59.1 Å². The van der Waals surface area contributed by atoms with E-state index in [0.29, 0.717) is 17.1 Å². The van der Waals surface area contributed by atoms with E-state index >= 15 is 0 Å². The van der Waals surface area contributed by atoms with Crippen LogP contribution >= 0.6 is 28.7 Å². The lowest BCUT2D eigenvalue weighted by atomic mass is 9.78. The Kier molecular flexibility index (Phi) is 8.86. The predicted molar refractivity (Wildman–Crippen MR) is 146 cm³/mol. The molecule has 3 aromatic rings. The summed E-state index contributed by atoms with van der Waals surface area (Å²) in [5.41, 5.74) is 3.84. The van der Waals surface area contributed by atoms with Gasteiger partial charge in [0.25, 0.3) is 0 Å². The summed E-state index contributed by atoms with van der Waals surface area (Å²) < 4.78 is 2.23. The quantitative estimate of drug-likeness (QED) is 0.250. The SMILES string of the molecule is Br.CCCCn1c(SCC(=O)c2cc(C(C)(C)C)c(O)c(C(C)(C)C)c2)nc2ccccc21. The van der Waals surface area contributed by atoms with Gasteiger partial charge in [-0.25, -0.2) is 4.98 Å². The minimum absolute atomic E-state index is 0. The minimum atomic E-state index is -0.262. The van der Waals surface area contributed by atoms with Gasteiger partial charge in [-0.05, 0) is 41.5 Å². The van der Waals surface area contributed by atoms with Gasteiger partial charge in [0.05, 0.1) is 16.8 Å². The Bertz CT molecular complexity index is 1090. The topological polar surface area (TPSA) is 55.1 Å². The van der Waals surface area contributed by atoms with Gasteiger partial charge in [-0.3, -0.25) is 4.79 Å². The molecule has 3 rings (SSSR count). The van der Waals surface area contributed by atoms with Crippen LogP contribution in [0, 0.1) is 0 Å². The lowest BCUT2D eigenvalue weighted by Crippen LogP contribution is -2.19. The number of para-hydroxylation sites is 2. The lowest BCUT2D eigenvalue weighted by molar-refractivity contribution is 0.102. The van der Waals surface area contributed by atoms with E-state index in [9.17, 15) is 9.90 Å². The molecule has 0 aliphatic rings. The highest BCUT2D eigenvalue weighted by Gasteiger charge is 2.28. The molecule has 1 N–H and O–H groups in total. The van der Waals surface area contributed by atoms with Gasteiger partial charge < -0.3 is 9.67 Å². The zero-order valence-corrected chi connectivity index (χ0v) is 23.4. The molecule has 0 fully saturated rings. The van der Waals surface area contributed by atoms with Crippen LogP contribution in [0.4, 0.5) is 0 Å². The third-order valence-corrected chi connectivity index (χ3v) is 6.71. The highest BCUT2D eigenvalue weighted by atomic mass is 79.9. The number of ketones is 1. The molecule has 0 amide bonds. The van der Waals surface area contributed by atoms with Crippen LogP contribution in [0.2, 0.25) is 0 Å². The number of carbonyl (C=O) groups is 1. The number of rotatable bonds is 7. The standard InChI is InChI=1S/C27H36N2O2S.BrH/c1-8-9-14-29-22-13-11-10-12-21(22)28-25(29)32-17-23(30)18-15-19(26(2,3)4)24(31)20(16-18)27(5,6)7;/h10-13,15-16,31H,8-9,14,17H2,1-7H3;1H. The van der Waals surface area contributed by atoms with Gasteiger partial charge >= 0.3 is 0 Å². The van der Waals surface area contributed by atoms with Crippen molar-refractivity contribution in [1.29, 1.82) is 0 Å². The zero-order valence-electron chi connectivity index (χ0n) is 20.9. The van der Waals surface area contributed by atoms with Crippen molar-refractivity contribution in [3.8, 4) is 5.75 Å². The number of imidazole rings is 1. The number of unbranched alkanes of at least 4 members (excludes halogenated alkanes) is 1. The smallest absolute Gasteiger partial charge is 0.173 e. The molecule has 4 nitrogen and oxygen atoms in total. The summed E-state index contributed by atoms with van der Waals surface area (Å²) >= 11 is 1.50. The van der Waals surface area contributed by atoms with Gasteiger partial charge in [0.15, 0.2) is 10.9 Å². The van der Waals surface area contributed by atoms with E-state index in [-0.39, 0.29) is 33.6 Å². The fourth-order valence-corrected chi connectivity index (χ4v) is 4.78. The lowest BCUT2D eigenvalue weighted by Gasteiger charge is -2.28. The minimum Gasteiger partial charge on any atom is -0.507 e. The molecule has 0 saturated heterocycles. The number of Topliss-reactive ketones (excluding diaryl/α,β-unsaturated/α-hetero) is 1. The molecule has 0 aliphatic heterocycles.